The highest BCUT2D eigenvalue weighted by atomic mass is 16.5. The lowest BCUT2D eigenvalue weighted by Gasteiger charge is -2.43. The van der Waals surface area contributed by atoms with Gasteiger partial charge in [0.05, 0.1) is 12.2 Å². The molecule has 0 radical (unpaired) electrons. The standard InChI is InChI=1S/C19H29NO3/c1-8-23-17(22)14-11(2)20-12-9-19(6,7)10-13(21)15(12)16(14)18(3,4)5/h16,20H,8-10H2,1-7H3. The van der Waals surface area contributed by atoms with Crippen LogP contribution in [-0.4, -0.2) is 18.4 Å². The Morgan fingerprint density at radius 2 is 1.91 bits per heavy atom. The van der Waals surface area contributed by atoms with Crippen LogP contribution < -0.4 is 5.32 Å². The van der Waals surface area contributed by atoms with Gasteiger partial charge in [0.15, 0.2) is 5.78 Å². The summed E-state index contributed by atoms with van der Waals surface area (Å²) in [7, 11) is 0. The van der Waals surface area contributed by atoms with Crippen molar-refractivity contribution < 1.29 is 14.3 Å². The van der Waals surface area contributed by atoms with Crippen molar-refractivity contribution in [2.75, 3.05) is 6.61 Å². The van der Waals surface area contributed by atoms with Gasteiger partial charge in [-0.3, -0.25) is 4.79 Å². The third-order valence-electron chi connectivity index (χ3n) is 4.60. The largest absolute Gasteiger partial charge is 0.463 e. The van der Waals surface area contributed by atoms with Gasteiger partial charge < -0.3 is 10.1 Å². The number of ether oxygens (including phenoxy) is 1. The molecule has 0 spiro atoms. The Labute approximate surface area is 139 Å². The van der Waals surface area contributed by atoms with Crippen molar-refractivity contribution in [3.63, 3.8) is 0 Å². The van der Waals surface area contributed by atoms with Crippen LogP contribution >= 0.6 is 0 Å². The minimum absolute atomic E-state index is 0.0485. The first-order valence-corrected chi connectivity index (χ1v) is 8.39. The van der Waals surface area contributed by atoms with Crippen LogP contribution in [-0.2, 0) is 14.3 Å². The molecule has 1 unspecified atom stereocenters. The molecule has 0 fully saturated rings. The monoisotopic (exact) mass is 319 g/mol. The van der Waals surface area contributed by atoms with E-state index >= 15 is 0 Å². The molecule has 0 saturated carbocycles. The second kappa shape index (κ2) is 5.81. The van der Waals surface area contributed by atoms with Gasteiger partial charge in [-0.1, -0.05) is 34.6 Å². The van der Waals surface area contributed by atoms with E-state index in [2.05, 4.69) is 39.9 Å². The summed E-state index contributed by atoms with van der Waals surface area (Å²) in [6.07, 6.45) is 1.35. The summed E-state index contributed by atoms with van der Waals surface area (Å²) in [5, 5.41) is 3.33. The first kappa shape index (κ1) is 17.8. The summed E-state index contributed by atoms with van der Waals surface area (Å²) in [4.78, 5) is 25.4. The van der Waals surface area contributed by atoms with Crippen LogP contribution in [0.2, 0.25) is 0 Å². The Morgan fingerprint density at radius 1 is 1.30 bits per heavy atom. The number of Topliss-reactive ketones (excluding diaryl/α,β-unsaturated/α-hetero) is 1. The third-order valence-corrected chi connectivity index (χ3v) is 4.60. The number of rotatable bonds is 2. The predicted molar refractivity (Wildman–Crippen MR) is 90.5 cm³/mol. The first-order chi connectivity index (χ1) is 10.5. The van der Waals surface area contributed by atoms with E-state index in [-0.39, 0.29) is 28.5 Å². The summed E-state index contributed by atoms with van der Waals surface area (Å²) in [6, 6.07) is 0. The first-order valence-electron chi connectivity index (χ1n) is 8.39. The summed E-state index contributed by atoms with van der Waals surface area (Å²) in [6.45, 7) is 14.5. The summed E-state index contributed by atoms with van der Waals surface area (Å²) >= 11 is 0. The summed E-state index contributed by atoms with van der Waals surface area (Å²) < 4.78 is 5.26. The molecule has 128 valence electrons. The zero-order valence-corrected chi connectivity index (χ0v) is 15.4. The van der Waals surface area contributed by atoms with E-state index in [9.17, 15) is 9.59 Å². The molecule has 4 nitrogen and oxygen atoms in total. The number of dihydropyridines is 1. The maximum Gasteiger partial charge on any atom is 0.336 e. The lowest BCUT2D eigenvalue weighted by Crippen LogP contribution is -2.43. The molecule has 0 aromatic heterocycles. The maximum absolute atomic E-state index is 12.9. The van der Waals surface area contributed by atoms with Crippen LogP contribution in [0.15, 0.2) is 22.5 Å². The van der Waals surface area contributed by atoms with Gasteiger partial charge in [0.1, 0.15) is 0 Å². The van der Waals surface area contributed by atoms with E-state index in [1.165, 1.54) is 0 Å². The lowest BCUT2D eigenvalue weighted by atomic mass is 9.63. The van der Waals surface area contributed by atoms with Gasteiger partial charge in [-0.05, 0) is 31.1 Å². The van der Waals surface area contributed by atoms with E-state index in [1.807, 2.05) is 6.92 Å². The van der Waals surface area contributed by atoms with Gasteiger partial charge in [-0.15, -0.1) is 0 Å². The molecule has 1 aliphatic heterocycles. The molecule has 4 heteroatoms. The molecule has 1 heterocycles. The highest BCUT2D eigenvalue weighted by molar-refractivity contribution is 6.02. The number of carbonyl (C=O) groups is 2. The Bertz CT molecular complexity index is 603. The highest BCUT2D eigenvalue weighted by Crippen LogP contribution is 2.48. The van der Waals surface area contributed by atoms with Gasteiger partial charge in [-0.2, -0.15) is 0 Å². The van der Waals surface area contributed by atoms with Crippen molar-refractivity contribution in [2.45, 2.75) is 61.3 Å². The van der Waals surface area contributed by atoms with Crippen LogP contribution in [0, 0.1) is 16.7 Å². The van der Waals surface area contributed by atoms with Crippen LogP contribution in [0.4, 0.5) is 0 Å². The molecule has 0 saturated heterocycles. The van der Waals surface area contributed by atoms with E-state index in [1.54, 1.807) is 6.92 Å². The van der Waals surface area contributed by atoms with E-state index in [0.29, 0.717) is 18.6 Å². The Hall–Kier alpha value is -1.58. The molecule has 2 aliphatic rings. The molecular formula is C19H29NO3. The number of nitrogens with one attached hydrogen (secondary N) is 1. The average molecular weight is 319 g/mol. The van der Waals surface area contributed by atoms with Crippen LogP contribution in [0.25, 0.3) is 0 Å². The van der Waals surface area contributed by atoms with Crippen LogP contribution in [0.5, 0.6) is 0 Å². The maximum atomic E-state index is 12.9. The van der Waals surface area contributed by atoms with Crippen molar-refractivity contribution in [1.82, 2.24) is 5.32 Å². The van der Waals surface area contributed by atoms with Crippen LogP contribution in [0.1, 0.15) is 61.3 Å². The molecular weight excluding hydrogens is 290 g/mol. The predicted octanol–water partition coefficient (Wildman–Crippen LogP) is 3.73. The number of hydrogen-bond acceptors (Lipinski definition) is 4. The van der Waals surface area contributed by atoms with Gasteiger partial charge in [-0.25, -0.2) is 4.79 Å². The normalized spacial score (nSPS) is 24.3. The van der Waals surface area contributed by atoms with Gasteiger partial charge in [0.25, 0.3) is 0 Å². The second-order valence-corrected chi connectivity index (χ2v) is 8.52. The smallest absolute Gasteiger partial charge is 0.336 e. The molecule has 1 aliphatic carbocycles. The van der Waals surface area contributed by atoms with E-state index < -0.39 is 0 Å². The number of hydrogen-bond donors (Lipinski definition) is 1. The number of ketones is 1. The minimum Gasteiger partial charge on any atom is -0.463 e. The number of esters is 1. The van der Waals surface area contributed by atoms with E-state index in [4.69, 9.17) is 4.74 Å². The fourth-order valence-corrected chi connectivity index (χ4v) is 3.78. The van der Waals surface area contributed by atoms with Gasteiger partial charge in [0.2, 0.25) is 0 Å². The summed E-state index contributed by atoms with van der Waals surface area (Å²) in [5.41, 5.74) is 2.90. The molecule has 2 rings (SSSR count). The minimum atomic E-state index is -0.318. The molecule has 1 atom stereocenters. The van der Waals surface area contributed by atoms with Gasteiger partial charge in [0, 0.05) is 29.3 Å². The second-order valence-electron chi connectivity index (χ2n) is 8.52. The lowest BCUT2D eigenvalue weighted by molar-refractivity contribution is -0.139. The molecule has 0 aromatic rings. The average Bonchev–Trinajstić information content (AvgIpc) is 2.34. The quantitative estimate of drug-likeness (QED) is 0.788. The van der Waals surface area contributed by atoms with E-state index in [0.717, 1.165) is 23.4 Å². The molecule has 23 heavy (non-hydrogen) atoms. The molecule has 1 N–H and O–H groups in total. The summed E-state index contributed by atoms with van der Waals surface area (Å²) in [5.74, 6) is -0.388. The number of carbonyl (C=O) groups excluding carboxylic acids is 2. The van der Waals surface area contributed by atoms with Crippen molar-refractivity contribution in [3.05, 3.63) is 22.5 Å². The third kappa shape index (κ3) is 3.36. The SMILES string of the molecule is CCOC(=O)C1=C(C)NC2=C(C(=O)CC(C)(C)C2)C1C(C)(C)C. The highest BCUT2D eigenvalue weighted by Gasteiger charge is 2.46. The van der Waals surface area contributed by atoms with Crippen molar-refractivity contribution >= 4 is 11.8 Å². The van der Waals surface area contributed by atoms with Crippen LogP contribution in [0.3, 0.4) is 0 Å². The van der Waals surface area contributed by atoms with Crippen molar-refractivity contribution in [1.29, 1.82) is 0 Å². The van der Waals surface area contributed by atoms with Gasteiger partial charge >= 0.3 is 5.97 Å². The number of allylic oxidation sites excluding steroid dienone is 3. The topological polar surface area (TPSA) is 55.4 Å². The fourth-order valence-electron chi connectivity index (χ4n) is 3.78. The zero-order chi connectivity index (χ0) is 17.6. The molecule has 0 aromatic carbocycles. The van der Waals surface area contributed by atoms with Crippen molar-refractivity contribution in [2.24, 2.45) is 16.7 Å². The fraction of sp³-hybridized carbons (Fsp3) is 0.684. The Balaban J connectivity index is 2.58. The molecule has 0 bridgehead atoms. The van der Waals surface area contributed by atoms with Crippen molar-refractivity contribution in [3.8, 4) is 0 Å². The zero-order valence-electron chi connectivity index (χ0n) is 15.4. The Morgan fingerprint density at radius 3 is 2.43 bits per heavy atom. The molecule has 0 amide bonds. The Kier molecular flexibility index (Phi) is 4.49.